The van der Waals surface area contributed by atoms with Crippen molar-refractivity contribution >= 4 is 32.5 Å². The molecule has 140 valence electrons. The second kappa shape index (κ2) is 6.66. The number of aryl methyl sites for hydroxylation is 1. The third-order valence-electron chi connectivity index (χ3n) is 4.64. The number of rotatable bonds is 3. The highest BCUT2D eigenvalue weighted by atomic mass is 32.2. The topological polar surface area (TPSA) is 99.2 Å². The van der Waals surface area contributed by atoms with Crippen molar-refractivity contribution < 1.29 is 13.2 Å². The molecule has 0 saturated heterocycles. The van der Waals surface area contributed by atoms with Crippen molar-refractivity contribution in [3.8, 4) is 0 Å². The number of carbonyl (C=O) groups is 1. The first-order chi connectivity index (χ1) is 12.7. The Balaban J connectivity index is 2.46. The van der Waals surface area contributed by atoms with Crippen LogP contribution in [0.4, 0.5) is 5.82 Å². The summed E-state index contributed by atoms with van der Waals surface area (Å²) in [6.07, 6.45) is 0.163. The highest BCUT2D eigenvalue weighted by molar-refractivity contribution is 7.91. The van der Waals surface area contributed by atoms with Gasteiger partial charge in [-0.1, -0.05) is 25.1 Å². The number of hydrogen-bond donors (Lipinski definition) is 1. The van der Waals surface area contributed by atoms with Gasteiger partial charge in [-0.2, -0.15) is 0 Å². The SMILES string of the molecule is CCC(=O)n1c(N)c(C)c(=O)c2c(C)cc(S(=O)(=O)c3ccccc3)cc21. The number of sulfone groups is 1. The van der Waals surface area contributed by atoms with Crippen molar-refractivity contribution in [3.05, 3.63) is 63.8 Å². The number of anilines is 1. The van der Waals surface area contributed by atoms with Crippen LogP contribution in [0, 0.1) is 13.8 Å². The first-order valence-electron chi connectivity index (χ1n) is 8.49. The number of fused-ring (bicyclic) bond motifs is 1. The first kappa shape index (κ1) is 18.8. The smallest absolute Gasteiger partial charge is 0.232 e. The van der Waals surface area contributed by atoms with Crippen LogP contribution in [0.15, 0.2) is 57.1 Å². The number of nitrogens with zero attached hydrogens (tertiary/aromatic N) is 1. The predicted octanol–water partition coefficient (Wildman–Crippen LogP) is 3.08. The van der Waals surface area contributed by atoms with E-state index in [1.807, 2.05) is 0 Å². The van der Waals surface area contributed by atoms with Crippen molar-refractivity contribution in [2.75, 3.05) is 5.73 Å². The Kier molecular flexibility index (Phi) is 4.65. The molecule has 1 aromatic heterocycles. The fourth-order valence-corrected chi connectivity index (χ4v) is 4.51. The summed E-state index contributed by atoms with van der Waals surface area (Å²) in [6, 6.07) is 10.8. The predicted molar refractivity (Wildman–Crippen MR) is 105 cm³/mol. The molecule has 0 amide bonds. The van der Waals surface area contributed by atoms with Crippen LogP contribution in [0.25, 0.3) is 10.9 Å². The molecule has 6 nitrogen and oxygen atoms in total. The molecule has 0 aliphatic heterocycles. The summed E-state index contributed by atoms with van der Waals surface area (Å²) in [4.78, 5) is 25.3. The van der Waals surface area contributed by atoms with Crippen LogP contribution in [0.2, 0.25) is 0 Å². The Morgan fingerprint density at radius 3 is 2.30 bits per heavy atom. The number of carbonyl (C=O) groups excluding carboxylic acids is 1. The summed E-state index contributed by atoms with van der Waals surface area (Å²) in [5.41, 5.74) is 6.70. The summed E-state index contributed by atoms with van der Waals surface area (Å²) < 4.78 is 27.3. The van der Waals surface area contributed by atoms with Crippen molar-refractivity contribution in [2.45, 2.75) is 37.0 Å². The molecule has 0 spiro atoms. The van der Waals surface area contributed by atoms with E-state index < -0.39 is 9.84 Å². The fourth-order valence-electron chi connectivity index (χ4n) is 3.13. The molecule has 0 fully saturated rings. The fraction of sp³-hybridized carbons (Fsp3) is 0.200. The van der Waals surface area contributed by atoms with Crippen LogP contribution in [-0.2, 0) is 9.84 Å². The lowest BCUT2D eigenvalue weighted by Crippen LogP contribution is -2.23. The van der Waals surface area contributed by atoms with Crippen LogP contribution in [-0.4, -0.2) is 18.9 Å². The minimum absolute atomic E-state index is 0.0130. The molecular formula is C20H20N2O4S. The third kappa shape index (κ3) is 2.94. The quantitative estimate of drug-likeness (QED) is 0.748. The number of nitrogen functional groups attached to an aromatic ring is 1. The zero-order chi connectivity index (χ0) is 19.9. The summed E-state index contributed by atoms with van der Waals surface area (Å²) in [5, 5.41) is 0.301. The van der Waals surface area contributed by atoms with Gasteiger partial charge in [0.1, 0.15) is 5.82 Å². The number of hydrogen-bond acceptors (Lipinski definition) is 5. The largest absolute Gasteiger partial charge is 0.384 e. The molecule has 27 heavy (non-hydrogen) atoms. The van der Waals surface area contributed by atoms with Gasteiger partial charge in [-0.25, -0.2) is 8.42 Å². The normalized spacial score (nSPS) is 11.7. The Bertz CT molecular complexity index is 1230. The third-order valence-corrected chi connectivity index (χ3v) is 6.39. The Labute approximate surface area is 157 Å². The van der Waals surface area contributed by atoms with Crippen LogP contribution >= 0.6 is 0 Å². The van der Waals surface area contributed by atoms with Crippen LogP contribution in [0.1, 0.15) is 29.3 Å². The molecule has 0 aliphatic carbocycles. The highest BCUT2D eigenvalue weighted by Crippen LogP contribution is 2.28. The highest BCUT2D eigenvalue weighted by Gasteiger charge is 2.23. The minimum Gasteiger partial charge on any atom is -0.384 e. The van der Waals surface area contributed by atoms with Gasteiger partial charge in [-0.05, 0) is 43.7 Å². The molecule has 0 unspecified atom stereocenters. The van der Waals surface area contributed by atoms with Gasteiger partial charge in [-0.15, -0.1) is 0 Å². The van der Waals surface area contributed by atoms with E-state index in [2.05, 4.69) is 0 Å². The molecule has 2 aromatic carbocycles. The summed E-state index contributed by atoms with van der Waals surface area (Å²) in [5.74, 6) is -0.276. The van der Waals surface area contributed by atoms with Crippen molar-refractivity contribution in [2.24, 2.45) is 0 Å². The van der Waals surface area contributed by atoms with Gasteiger partial charge in [0.15, 0.2) is 5.43 Å². The molecule has 3 rings (SSSR count). The first-order valence-corrected chi connectivity index (χ1v) is 9.97. The second-order valence-corrected chi connectivity index (χ2v) is 8.32. The zero-order valence-corrected chi connectivity index (χ0v) is 16.1. The van der Waals surface area contributed by atoms with Crippen molar-refractivity contribution in [3.63, 3.8) is 0 Å². The summed E-state index contributed by atoms with van der Waals surface area (Å²) >= 11 is 0. The lowest BCUT2D eigenvalue weighted by Gasteiger charge is -2.17. The van der Waals surface area contributed by atoms with Gasteiger partial charge in [0, 0.05) is 17.4 Å². The molecule has 2 N–H and O–H groups in total. The number of aromatic nitrogens is 1. The van der Waals surface area contributed by atoms with Gasteiger partial charge in [0.05, 0.1) is 15.3 Å². The van der Waals surface area contributed by atoms with E-state index >= 15 is 0 Å². The summed E-state index contributed by atoms with van der Waals surface area (Å²) in [7, 11) is -3.81. The lowest BCUT2D eigenvalue weighted by molar-refractivity contribution is 0.0916. The molecular weight excluding hydrogens is 364 g/mol. The lowest BCUT2D eigenvalue weighted by atomic mass is 10.1. The minimum atomic E-state index is -3.81. The maximum absolute atomic E-state index is 13.0. The van der Waals surface area contributed by atoms with Gasteiger partial charge >= 0.3 is 0 Å². The average Bonchev–Trinajstić information content (AvgIpc) is 2.66. The van der Waals surface area contributed by atoms with E-state index in [1.54, 1.807) is 39.0 Å². The molecule has 0 radical (unpaired) electrons. The van der Waals surface area contributed by atoms with Gasteiger partial charge < -0.3 is 5.73 Å². The van der Waals surface area contributed by atoms with Gasteiger partial charge in [-0.3, -0.25) is 14.2 Å². The monoisotopic (exact) mass is 384 g/mol. The summed E-state index contributed by atoms with van der Waals surface area (Å²) in [6.45, 7) is 4.90. The van der Waals surface area contributed by atoms with E-state index in [0.29, 0.717) is 10.9 Å². The Morgan fingerprint density at radius 2 is 1.70 bits per heavy atom. The Morgan fingerprint density at radius 1 is 1.07 bits per heavy atom. The molecule has 0 bridgehead atoms. The maximum atomic E-state index is 13.0. The van der Waals surface area contributed by atoms with Crippen LogP contribution < -0.4 is 11.2 Å². The number of pyridine rings is 1. The van der Waals surface area contributed by atoms with Gasteiger partial charge in [0.25, 0.3) is 0 Å². The van der Waals surface area contributed by atoms with E-state index in [4.69, 9.17) is 5.73 Å². The van der Waals surface area contributed by atoms with E-state index in [9.17, 15) is 18.0 Å². The number of benzene rings is 2. The average molecular weight is 384 g/mol. The maximum Gasteiger partial charge on any atom is 0.232 e. The molecule has 1 heterocycles. The molecule has 0 saturated carbocycles. The molecule has 0 atom stereocenters. The molecule has 7 heteroatoms. The number of nitrogens with two attached hydrogens (primary N) is 1. The van der Waals surface area contributed by atoms with Crippen LogP contribution in [0.3, 0.4) is 0 Å². The zero-order valence-electron chi connectivity index (χ0n) is 15.3. The molecule has 0 aliphatic rings. The van der Waals surface area contributed by atoms with E-state index in [-0.39, 0.29) is 44.4 Å². The van der Waals surface area contributed by atoms with Gasteiger partial charge in [0.2, 0.25) is 15.7 Å². The van der Waals surface area contributed by atoms with Crippen LogP contribution in [0.5, 0.6) is 0 Å². The standard InChI is InChI=1S/C20H20N2O4S/c1-4-17(23)22-16-11-15(27(25,26)14-8-6-5-7-9-14)10-12(2)18(16)19(24)13(3)20(22)21/h5-11H,4,21H2,1-3H3. The second-order valence-electron chi connectivity index (χ2n) is 6.37. The Hall–Kier alpha value is -2.93. The van der Waals surface area contributed by atoms with Crippen molar-refractivity contribution in [1.29, 1.82) is 0 Å². The van der Waals surface area contributed by atoms with E-state index in [1.165, 1.54) is 28.8 Å². The molecule has 3 aromatic rings. The van der Waals surface area contributed by atoms with Crippen molar-refractivity contribution in [1.82, 2.24) is 4.57 Å². The van der Waals surface area contributed by atoms with E-state index in [0.717, 1.165) is 0 Å².